The zero-order valence-corrected chi connectivity index (χ0v) is 20.9. The Bertz CT molecular complexity index is 706. The average Bonchev–Trinajstić information content (AvgIpc) is 2.75. The van der Waals surface area contributed by atoms with E-state index in [0.717, 1.165) is 43.9 Å². The van der Waals surface area contributed by atoms with E-state index in [2.05, 4.69) is 27.9 Å². The molecule has 1 aliphatic rings. The Labute approximate surface area is 202 Å². The molecule has 174 valence electrons. The standard InChI is InChI=1S/C22H35N5O3.HI/c1-3-5-17(10-13-28)14-25-22(23-4-2)26-15-18-6-8-19(9-7-18)21(30)27-12-11-24-20(29)16-27;/h6-9,17,28H,3-5,10-16H2,1-2H3,(H,24,29)(H2,23,25,26);1H. The van der Waals surface area contributed by atoms with E-state index >= 15 is 0 Å². The molecule has 0 radical (unpaired) electrons. The van der Waals surface area contributed by atoms with Crippen molar-refractivity contribution in [1.29, 1.82) is 0 Å². The minimum atomic E-state index is -0.124. The smallest absolute Gasteiger partial charge is 0.254 e. The number of piperazine rings is 1. The minimum absolute atomic E-state index is 0. The first-order chi connectivity index (χ1) is 14.6. The van der Waals surface area contributed by atoms with E-state index in [1.54, 1.807) is 17.0 Å². The zero-order valence-electron chi connectivity index (χ0n) is 18.5. The second-order valence-corrected chi connectivity index (χ2v) is 7.52. The summed E-state index contributed by atoms with van der Waals surface area (Å²) in [6, 6.07) is 7.38. The fourth-order valence-corrected chi connectivity index (χ4v) is 3.44. The van der Waals surface area contributed by atoms with E-state index in [9.17, 15) is 14.7 Å². The van der Waals surface area contributed by atoms with E-state index in [4.69, 9.17) is 0 Å². The minimum Gasteiger partial charge on any atom is -0.396 e. The second-order valence-electron chi connectivity index (χ2n) is 7.52. The second kappa shape index (κ2) is 15.0. The number of nitrogens with one attached hydrogen (secondary N) is 3. The molecule has 0 aliphatic carbocycles. The molecule has 8 nitrogen and oxygen atoms in total. The molecule has 1 fully saturated rings. The summed E-state index contributed by atoms with van der Waals surface area (Å²) in [5, 5.41) is 18.6. The van der Waals surface area contributed by atoms with Crippen LogP contribution in [0.3, 0.4) is 0 Å². The largest absolute Gasteiger partial charge is 0.396 e. The Hall–Kier alpha value is -1.88. The first kappa shape index (κ1) is 27.2. The highest BCUT2D eigenvalue weighted by Gasteiger charge is 2.22. The predicted molar refractivity (Wildman–Crippen MR) is 134 cm³/mol. The Morgan fingerprint density at radius 1 is 1.23 bits per heavy atom. The number of guanidine groups is 1. The van der Waals surface area contributed by atoms with Crippen LogP contribution in [0.2, 0.25) is 0 Å². The molecule has 4 N–H and O–H groups in total. The number of rotatable bonds is 10. The number of aliphatic hydroxyl groups is 1. The first-order valence-corrected chi connectivity index (χ1v) is 10.8. The number of aliphatic imine (C=N–C) groups is 1. The predicted octanol–water partition coefficient (Wildman–Crippen LogP) is 1.73. The summed E-state index contributed by atoms with van der Waals surface area (Å²) in [5.41, 5.74) is 1.58. The van der Waals surface area contributed by atoms with E-state index in [0.29, 0.717) is 31.1 Å². The summed E-state index contributed by atoms with van der Waals surface area (Å²) in [7, 11) is 0. The van der Waals surface area contributed by atoms with Gasteiger partial charge >= 0.3 is 0 Å². The molecule has 1 atom stereocenters. The Kier molecular flexibility index (Phi) is 13.1. The molecule has 31 heavy (non-hydrogen) atoms. The lowest BCUT2D eigenvalue weighted by molar-refractivity contribution is -0.123. The van der Waals surface area contributed by atoms with E-state index in [-0.39, 0.29) is 48.9 Å². The number of carbonyl (C=O) groups is 2. The van der Waals surface area contributed by atoms with Gasteiger partial charge in [0.05, 0.1) is 13.1 Å². The van der Waals surface area contributed by atoms with Crippen molar-refractivity contribution in [3.05, 3.63) is 35.4 Å². The van der Waals surface area contributed by atoms with Gasteiger partial charge in [-0.05, 0) is 43.4 Å². The van der Waals surface area contributed by atoms with Crippen molar-refractivity contribution in [2.24, 2.45) is 10.9 Å². The molecule has 1 aliphatic heterocycles. The van der Waals surface area contributed by atoms with Crippen molar-refractivity contribution < 1.29 is 14.7 Å². The fraction of sp³-hybridized carbons (Fsp3) is 0.591. The summed E-state index contributed by atoms with van der Waals surface area (Å²) in [4.78, 5) is 30.2. The van der Waals surface area contributed by atoms with E-state index in [1.165, 1.54) is 0 Å². The maximum Gasteiger partial charge on any atom is 0.254 e. The zero-order chi connectivity index (χ0) is 21.8. The van der Waals surface area contributed by atoms with Crippen LogP contribution in [0.25, 0.3) is 0 Å². The maximum absolute atomic E-state index is 12.5. The number of hydrogen-bond acceptors (Lipinski definition) is 4. The van der Waals surface area contributed by atoms with Crippen molar-refractivity contribution in [1.82, 2.24) is 20.9 Å². The van der Waals surface area contributed by atoms with Gasteiger partial charge in [0, 0.05) is 38.3 Å². The van der Waals surface area contributed by atoms with Crippen molar-refractivity contribution >= 4 is 41.8 Å². The normalized spacial score (nSPS) is 15.0. The van der Waals surface area contributed by atoms with Gasteiger partial charge in [0.1, 0.15) is 0 Å². The third-order valence-corrected chi connectivity index (χ3v) is 5.08. The lowest BCUT2D eigenvalue weighted by atomic mass is 10.0. The molecule has 2 amide bonds. The van der Waals surface area contributed by atoms with Gasteiger partial charge in [-0.1, -0.05) is 25.5 Å². The lowest BCUT2D eigenvalue weighted by Gasteiger charge is -2.26. The van der Waals surface area contributed by atoms with Crippen molar-refractivity contribution in [3.63, 3.8) is 0 Å². The van der Waals surface area contributed by atoms with Crippen LogP contribution in [0.1, 0.15) is 49.0 Å². The molecule has 0 aromatic heterocycles. The third-order valence-electron chi connectivity index (χ3n) is 5.08. The summed E-state index contributed by atoms with van der Waals surface area (Å²) in [6.45, 7) is 7.55. The quantitative estimate of drug-likeness (QED) is 0.204. The maximum atomic E-state index is 12.5. The number of aliphatic hydroxyl groups excluding tert-OH is 1. The van der Waals surface area contributed by atoms with E-state index in [1.807, 2.05) is 19.1 Å². The van der Waals surface area contributed by atoms with Gasteiger partial charge in [-0.25, -0.2) is 4.99 Å². The van der Waals surface area contributed by atoms with Crippen LogP contribution in [0, 0.1) is 5.92 Å². The molecule has 1 unspecified atom stereocenters. The van der Waals surface area contributed by atoms with Gasteiger partial charge < -0.3 is 26.0 Å². The number of benzene rings is 1. The first-order valence-electron chi connectivity index (χ1n) is 10.8. The Morgan fingerprint density at radius 3 is 2.58 bits per heavy atom. The summed E-state index contributed by atoms with van der Waals surface area (Å²) in [6.07, 6.45) is 2.95. The van der Waals surface area contributed by atoms with Crippen LogP contribution in [0.15, 0.2) is 29.3 Å². The molecule has 0 bridgehead atoms. The number of carbonyl (C=O) groups excluding carboxylic acids is 2. The lowest BCUT2D eigenvalue weighted by Crippen LogP contribution is -2.49. The summed E-state index contributed by atoms with van der Waals surface area (Å²) >= 11 is 0. The molecule has 0 saturated carbocycles. The van der Waals surface area contributed by atoms with Crippen molar-refractivity contribution in [3.8, 4) is 0 Å². The number of amides is 2. The van der Waals surface area contributed by atoms with Crippen LogP contribution < -0.4 is 16.0 Å². The molecule has 2 rings (SSSR count). The summed E-state index contributed by atoms with van der Waals surface area (Å²) < 4.78 is 0. The van der Waals surface area contributed by atoms with Crippen LogP contribution in [0.5, 0.6) is 0 Å². The number of halogens is 1. The van der Waals surface area contributed by atoms with Crippen molar-refractivity contribution in [2.75, 3.05) is 39.3 Å². The molecule has 1 aromatic carbocycles. The number of nitrogens with zero attached hydrogens (tertiary/aromatic N) is 2. The van der Waals surface area contributed by atoms with Gasteiger partial charge in [0.15, 0.2) is 5.96 Å². The van der Waals surface area contributed by atoms with E-state index < -0.39 is 0 Å². The molecule has 9 heteroatoms. The Morgan fingerprint density at radius 2 is 1.97 bits per heavy atom. The fourth-order valence-electron chi connectivity index (χ4n) is 3.44. The highest BCUT2D eigenvalue weighted by atomic mass is 127. The molecular weight excluding hydrogens is 509 g/mol. The topological polar surface area (TPSA) is 106 Å². The highest BCUT2D eigenvalue weighted by molar-refractivity contribution is 14.0. The van der Waals surface area contributed by atoms with Gasteiger partial charge in [0.25, 0.3) is 5.91 Å². The van der Waals surface area contributed by atoms with Gasteiger partial charge in [-0.2, -0.15) is 0 Å². The van der Waals surface area contributed by atoms with Crippen LogP contribution in [-0.4, -0.2) is 67.1 Å². The van der Waals surface area contributed by atoms with Crippen LogP contribution in [-0.2, 0) is 11.3 Å². The SMILES string of the molecule is CCCC(CCO)CNC(=NCc1ccc(C(=O)N2CCNC(=O)C2)cc1)NCC.I. The van der Waals surface area contributed by atoms with Crippen molar-refractivity contribution in [2.45, 2.75) is 39.7 Å². The van der Waals surface area contributed by atoms with Gasteiger partial charge in [-0.3, -0.25) is 9.59 Å². The highest BCUT2D eigenvalue weighted by Crippen LogP contribution is 2.11. The van der Waals surface area contributed by atoms with Gasteiger partial charge in [-0.15, -0.1) is 24.0 Å². The molecule has 1 aromatic rings. The number of hydrogen-bond donors (Lipinski definition) is 4. The molecule has 1 saturated heterocycles. The average molecular weight is 545 g/mol. The van der Waals surface area contributed by atoms with Gasteiger partial charge in [0.2, 0.25) is 5.91 Å². The molecular formula is C22H36IN5O3. The third kappa shape index (κ3) is 9.42. The molecule has 0 spiro atoms. The van der Waals surface area contributed by atoms with Crippen LogP contribution in [0.4, 0.5) is 0 Å². The summed E-state index contributed by atoms with van der Waals surface area (Å²) in [5.74, 6) is 0.923. The Balaban J connectivity index is 0.00000480. The molecule has 1 heterocycles. The van der Waals surface area contributed by atoms with Crippen LogP contribution >= 0.6 is 24.0 Å². The monoisotopic (exact) mass is 545 g/mol.